The van der Waals surface area contributed by atoms with Crippen LogP contribution < -0.4 is 15.4 Å². The second kappa shape index (κ2) is 7.24. The van der Waals surface area contributed by atoms with Gasteiger partial charge in [0.25, 0.3) is 5.91 Å². The molecule has 2 rings (SSSR count). The highest BCUT2D eigenvalue weighted by molar-refractivity contribution is 5.94. The van der Waals surface area contributed by atoms with Crippen molar-refractivity contribution in [3.05, 3.63) is 29.8 Å². The minimum Gasteiger partial charge on any atom is -0.497 e. The van der Waals surface area contributed by atoms with E-state index in [0.29, 0.717) is 11.5 Å². The van der Waals surface area contributed by atoms with Crippen molar-refractivity contribution < 1.29 is 9.53 Å². The summed E-state index contributed by atoms with van der Waals surface area (Å²) in [5.41, 5.74) is 0.678. The van der Waals surface area contributed by atoms with Gasteiger partial charge in [0.15, 0.2) is 0 Å². The molecule has 1 aliphatic heterocycles. The van der Waals surface area contributed by atoms with Gasteiger partial charge in [-0.15, -0.1) is 12.4 Å². The van der Waals surface area contributed by atoms with Crippen molar-refractivity contribution in [2.75, 3.05) is 26.7 Å². The molecule has 0 aromatic heterocycles. The molecule has 4 nitrogen and oxygen atoms in total. The van der Waals surface area contributed by atoms with E-state index in [1.807, 2.05) is 0 Å². The van der Waals surface area contributed by atoms with Crippen molar-refractivity contribution in [2.24, 2.45) is 5.92 Å². The quantitative estimate of drug-likeness (QED) is 0.871. The Morgan fingerprint density at radius 1 is 1.44 bits per heavy atom. The largest absolute Gasteiger partial charge is 0.497 e. The van der Waals surface area contributed by atoms with Crippen LogP contribution in [0.1, 0.15) is 16.8 Å². The number of nitrogens with one attached hydrogen (secondary N) is 2. The Morgan fingerprint density at radius 3 is 2.72 bits per heavy atom. The van der Waals surface area contributed by atoms with E-state index in [0.717, 1.165) is 31.8 Å². The van der Waals surface area contributed by atoms with Crippen LogP contribution in [0.5, 0.6) is 5.75 Å². The van der Waals surface area contributed by atoms with Crippen molar-refractivity contribution in [1.29, 1.82) is 0 Å². The van der Waals surface area contributed by atoms with Crippen molar-refractivity contribution in [3.8, 4) is 5.75 Å². The van der Waals surface area contributed by atoms with Crippen LogP contribution >= 0.6 is 12.4 Å². The summed E-state index contributed by atoms with van der Waals surface area (Å²) in [5.74, 6) is 1.32. The summed E-state index contributed by atoms with van der Waals surface area (Å²) in [7, 11) is 1.61. The topological polar surface area (TPSA) is 50.4 Å². The molecule has 0 aliphatic carbocycles. The standard InChI is InChI=1S/C13H18N2O2.ClH/c1-17-12-4-2-11(3-5-12)13(16)15-9-10-6-7-14-8-10;/h2-5,10,14H,6-9H2,1H3,(H,15,16);1H. The molecule has 1 unspecified atom stereocenters. The number of carbonyl (C=O) groups excluding carboxylic acids is 1. The summed E-state index contributed by atoms with van der Waals surface area (Å²) in [6.07, 6.45) is 1.14. The molecule has 0 radical (unpaired) electrons. The Morgan fingerprint density at radius 2 is 2.17 bits per heavy atom. The van der Waals surface area contributed by atoms with Crippen molar-refractivity contribution in [3.63, 3.8) is 0 Å². The molecule has 1 aromatic carbocycles. The van der Waals surface area contributed by atoms with E-state index in [-0.39, 0.29) is 18.3 Å². The summed E-state index contributed by atoms with van der Waals surface area (Å²) in [6.45, 7) is 2.81. The number of hydrogen-bond acceptors (Lipinski definition) is 3. The predicted octanol–water partition coefficient (Wildman–Crippen LogP) is 1.46. The lowest BCUT2D eigenvalue weighted by molar-refractivity contribution is 0.0948. The van der Waals surface area contributed by atoms with Crippen LogP contribution in [-0.4, -0.2) is 32.7 Å². The van der Waals surface area contributed by atoms with Crippen LogP contribution in [0, 0.1) is 5.92 Å². The number of methoxy groups -OCH3 is 1. The zero-order chi connectivity index (χ0) is 12.1. The van der Waals surface area contributed by atoms with Gasteiger partial charge in [-0.25, -0.2) is 0 Å². The molecular formula is C13H19ClN2O2. The van der Waals surface area contributed by atoms with Crippen LogP contribution in [0.15, 0.2) is 24.3 Å². The summed E-state index contributed by atoms with van der Waals surface area (Å²) in [5, 5.41) is 6.24. The fourth-order valence-electron chi connectivity index (χ4n) is 1.97. The molecule has 18 heavy (non-hydrogen) atoms. The minimum absolute atomic E-state index is 0. The first-order chi connectivity index (χ1) is 8.29. The molecule has 1 aliphatic rings. The number of amides is 1. The minimum atomic E-state index is -0.0143. The lowest BCUT2D eigenvalue weighted by Gasteiger charge is -2.10. The van der Waals surface area contributed by atoms with Crippen LogP contribution in [0.4, 0.5) is 0 Å². The lowest BCUT2D eigenvalue weighted by Crippen LogP contribution is -2.30. The van der Waals surface area contributed by atoms with Crippen LogP contribution in [-0.2, 0) is 0 Å². The summed E-state index contributed by atoms with van der Waals surface area (Å²) >= 11 is 0. The molecule has 0 bridgehead atoms. The van der Waals surface area contributed by atoms with Crippen molar-refractivity contribution >= 4 is 18.3 Å². The van der Waals surface area contributed by atoms with Gasteiger partial charge in [0.05, 0.1) is 7.11 Å². The monoisotopic (exact) mass is 270 g/mol. The molecule has 1 saturated heterocycles. The average Bonchev–Trinajstić information content (AvgIpc) is 2.89. The first-order valence-electron chi connectivity index (χ1n) is 5.92. The van der Waals surface area contributed by atoms with E-state index in [1.54, 1.807) is 31.4 Å². The van der Waals surface area contributed by atoms with Crippen molar-refractivity contribution in [2.45, 2.75) is 6.42 Å². The Balaban J connectivity index is 0.00000162. The number of hydrogen-bond donors (Lipinski definition) is 2. The van der Waals surface area contributed by atoms with Crippen LogP contribution in [0.25, 0.3) is 0 Å². The van der Waals surface area contributed by atoms with Gasteiger partial charge in [0, 0.05) is 12.1 Å². The Kier molecular flexibility index (Phi) is 5.95. The van der Waals surface area contributed by atoms with E-state index in [1.165, 1.54) is 0 Å². The number of rotatable bonds is 4. The first-order valence-corrected chi connectivity index (χ1v) is 5.92. The molecule has 2 N–H and O–H groups in total. The molecule has 0 saturated carbocycles. The summed E-state index contributed by atoms with van der Waals surface area (Å²) in [4.78, 5) is 11.8. The third kappa shape index (κ3) is 3.89. The van der Waals surface area contributed by atoms with Gasteiger partial charge in [-0.3, -0.25) is 4.79 Å². The maximum atomic E-state index is 11.8. The summed E-state index contributed by atoms with van der Waals surface area (Å²) < 4.78 is 5.05. The maximum Gasteiger partial charge on any atom is 0.251 e. The molecule has 1 fully saturated rings. The van der Waals surface area contributed by atoms with Gasteiger partial charge in [-0.1, -0.05) is 0 Å². The first kappa shape index (κ1) is 14.8. The van der Waals surface area contributed by atoms with Crippen LogP contribution in [0.2, 0.25) is 0 Å². The highest BCUT2D eigenvalue weighted by Crippen LogP contribution is 2.11. The van der Waals surface area contributed by atoms with Gasteiger partial charge >= 0.3 is 0 Å². The fraction of sp³-hybridized carbons (Fsp3) is 0.462. The number of ether oxygens (including phenoxy) is 1. The van der Waals surface area contributed by atoms with Gasteiger partial charge in [-0.2, -0.15) is 0 Å². The van der Waals surface area contributed by atoms with Gasteiger partial charge in [0.1, 0.15) is 5.75 Å². The van der Waals surface area contributed by atoms with Gasteiger partial charge < -0.3 is 15.4 Å². The Labute approximate surface area is 114 Å². The smallest absolute Gasteiger partial charge is 0.251 e. The highest BCUT2D eigenvalue weighted by Gasteiger charge is 2.15. The molecule has 0 spiro atoms. The zero-order valence-electron chi connectivity index (χ0n) is 10.4. The van der Waals surface area contributed by atoms with Gasteiger partial charge in [0.2, 0.25) is 0 Å². The molecule has 1 heterocycles. The number of halogens is 1. The molecule has 100 valence electrons. The maximum absolute atomic E-state index is 11.8. The lowest BCUT2D eigenvalue weighted by atomic mass is 10.1. The third-order valence-electron chi connectivity index (χ3n) is 3.07. The molecule has 5 heteroatoms. The zero-order valence-corrected chi connectivity index (χ0v) is 11.3. The van der Waals surface area contributed by atoms with Crippen molar-refractivity contribution in [1.82, 2.24) is 10.6 Å². The molecule has 1 atom stereocenters. The normalized spacial score (nSPS) is 17.9. The van der Waals surface area contributed by atoms with E-state index in [9.17, 15) is 4.79 Å². The predicted molar refractivity (Wildman–Crippen MR) is 73.6 cm³/mol. The van der Waals surface area contributed by atoms with E-state index in [2.05, 4.69) is 10.6 Å². The fourth-order valence-corrected chi connectivity index (χ4v) is 1.97. The SMILES string of the molecule is COc1ccc(C(=O)NCC2CCNC2)cc1.Cl. The highest BCUT2D eigenvalue weighted by atomic mass is 35.5. The van der Waals surface area contributed by atoms with E-state index >= 15 is 0 Å². The van der Waals surface area contributed by atoms with E-state index in [4.69, 9.17) is 4.74 Å². The van der Waals surface area contributed by atoms with Gasteiger partial charge in [-0.05, 0) is 49.7 Å². The molecule has 1 amide bonds. The second-order valence-electron chi connectivity index (χ2n) is 4.30. The number of benzene rings is 1. The third-order valence-corrected chi connectivity index (χ3v) is 3.07. The Bertz CT molecular complexity index is 375. The van der Waals surface area contributed by atoms with E-state index < -0.39 is 0 Å². The summed E-state index contributed by atoms with van der Waals surface area (Å²) in [6, 6.07) is 7.15. The molecular weight excluding hydrogens is 252 g/mol. The van der Waals surface area contributed by atoms with Crippen LogP contribution in [0.3, 0.4) is 0 Å². The number of carbonyl (C=O) groups is 1. The second-order valence-corrected chi connectivity index (χ2v) is 4.30. The molecule has 1 aromatic rings. The average molecular weight is 271 g/mol. The Hall–Kier alpha value is -1.26.